The summed E-state index contributed by atoms with van der Waals surface area (Å²) in [4.78, 5) is 0. The van der Waals surface area contributed by atoms with Gasteiger partial charge in [0.25, 0.3) is 0 Å². The van der Waals surface area contributed by atoms with Crippen molar-refractivity contribution in [3.63, 3.8) is 0 Å². The second kappa shape index (κ2) is 11.6. The second-order valence-corrected chi connectivity index (χ2v) is 4.65. The Hall–Kier alpha value is -1.01. The summed E-state index contributed by atoms with van der Waals surface area (Å²) in [7, 11) is 1.65. The van der Waals surface area contributed by atoms with E-state index in [1.165, 1.54) is 6.07 Å². The molecular weight excluding hydrogens is 273 g/mol. The van der Waals surface area contributed by atoms with Crippen molar-refractivity contribution in [2.75, 3.05) is 46.6 Å². The molecule has 0 saturated carbocycles. The number of hydrogen-bond acceptors (Lipinski definition) is 4. The van der Waals surface area contributed by atoms with Gasteiger partial charge in [0, 0.05) is 32.4 Å². The van der Waals surface area contributed by atoms with Gasteiger partial charge in [-0.2, -0.15) is 0 Å². The van der Waals surface area contributed by atoms with Crippen LogP contribution >= 0.6 is 0 Å². The zero-order chi connectivity index (χ0) is 15.3. The average Bonchev–Trinajstić information content (AvgIpc) is 2.50. The monoisotopic (exact) mass is 299 g/mol. The lowest BCUT2D eigenvalue weighted by Gasteiger charge is -2.19. The largest absolute Gasteiger partial charge is 0.382 e. The van der Waals surface area contributed by atoms with Gasteiger partial charge in [-0.15, -0.1) is 0 Å². The van der Waals surface area contributed by atoms with E-state index in [1.54, 1.807) is 19.2 Å². The summed E-state index contributed by atoms with van der Waals surface area (Å²) in [5.74, 6) is -0.225. The molecule has 5 heteroatoms. The first-order valence-electron chi connectivity index (χ1n) is 7.43. The van der Waals surface area contributed by atoms with Crippen LogP contribution < -0.4 is 5.32 Å². The van der Waals surface area contributed by atoms with E-state index in [0.29, 0.717) is 38.5 Å². The van der Waals surface area contributed by atoms with Gasteiger partial charge < -0.3 is 19.5 Å². The van der Waals surface area contributed by atoms with Crippen LogP contribution in [-0.2, 0) is 14.2 Å². The van der Waals surface area contributed by atoms with Crippen molar-refractivity contribution in [3.05, 3.63) is 35.6 Å². The number of likely N-dealkylation sites (N-methyl/N-ethyl adjacent to an activating group) is 1. The average molecular weight is 299 g/mol. The molecule has 0 aliphatic carbocycles. The molecule has 120 valence electrons. The van der Waals surface area contributed by atoms with Crippen LogP contribution in [0.4, 0.5) is 4.39 Å². The second-order valence-electron chi connectivity index (χ2n) is 4.65. The zero-order valence-corrected chi connectivity index (χ0v) is 12.9. The molecule has 1 atom stereocenters. The highest BCUT2D eigenvalue weighted by molar-refractivity contribution is 5.20. The van der Waals surface area contributed by atoms with Gasteiger partial charge in [-0.05, 0) is 19.0 Å². The molecule has 4 nitrogen and oxygen atoms in total. The first kappa shape index (κ1) is 18.0. The molecule has 1 aromatic rings. The van der Waals surface area contributed by atoms with Crippen LogP contribution in [0.3, 0.4) is 0 Å². The number of halogens is 1. The third kappa shape index (κ3) is 7.52. The lowest BCUT2D eigenvalue weighted by Crippen LogP contribution is -2.24. The summed E-state index contributed by atoms with van der Waals surface area (Å²) in [6.45, 7) is 5.79. The van der Waals surface area contributed by atoms with Gasteiger partial charge in [-0.3, -0.25) is 0 Å². The molecule has 0 aromatic heterocycles. The minimum Gasteiger partial charge on any atom is -0.382 e. The molecule has 0 fully saturated rings. The Balaban J connectivity index is 2.35. The minimum atomic E-state index is -0.273. The Morgan fingerprint density at radius 3 is 2.67 bits per heavy atom. The van der Waals surface area contributed by atoms with E-state index in [4.69, 9.17) is 14.2 Å². The van der Waals surface area contributed by atoms with E-state index in [-0.39, 0.29) is 11.9 Å². The van der Waals surface area contributed by atoms with Gasteiger partial charge in [-0.1, -0.05) is 25.1 Å². The summed E-state index contributed by atoms with van der Waals surface area (Å²) >= 11 is 0. The third-order valence-electron chi connectivity index (χ3n) is 3.02. The predicted octanol–water partition coefficient (Wildman–Crippen LogP) is 2.55. The number of rotatable bonds is 12. The molecule has 0 aliphatic heterocycles. The van der Waals surface area contributed by atoms with Gasteiger partial charge in [0.05, 0.1) is 19.3 Å². The van der Waals surface area contributed by atoms with Crippen molar-refractivity contribution in [2.45, 2.75) is 19.4 Å². The molecule has 1 unspecified atom stereocenters. The number of benzene rings is 1. The topological polar surface area (TPSA) is 39.7 Å². The van der Waals surface area contributed by atoms with Gasteiger partial charge in [0.15, 0.2) is 0 Å². The Morgan fingerprint density at radius 1 is 1.14 bits per heavy atom. The molecule has 0 amide bonds. The lowest BCUT2D eigenvalue weighted by atomic mass is 10.1. The zero-order valence-electron chi connectivity index (χ0n) is 12.9. The standard InChI is InChI=1S/C16H26FNO3/c1-3-18-13-16(14-7-4-5-8-15(14)17)21-10-6-9-20-12-11-19-2/h4-5,7-8,16,18H,3,6,9-13H2,1-2H3. The maximum Gasteiger partial charge on any atom is 0.129 e. The molecule has 0 bridgehead atoms. The molecule has 1 aromatic carbocycles. The summed E-state index contributed by atoms with van der Waals surface area (Å²) in [5.41, 5.74) is 0.596. The van der Waals surface area contributed by atoms with E-state index in [9.17, 15) is 4.39 Å². The van der Waals surface area contributed by atoms with Crippen LogP contribution in [0.2, 0.25) is 0 Å². The maximum absolute atomic E-state index is 13.8. The van der Waals surface area contributed by atoms with E-state index < -0.39 is 0 Å². The van der Waals surface area contributed by atoms with Gasteiger partial charge in [0.1, 0.15) is 5.82 Å². The van der Waals surface area contributed by atoms with Crippen molar-refractivity contribution >= 4 is 0 Å². The first-order chi connectivity index (χ1) is 10.3. The summed E-state index contributed by atoms with van der Waals surface area (Å²) in [6.07, 6.45) is 0.506. The Labute approximate surface area is 126 Å². The minimum absolute atomic E-state index is 0.225. The highest BCUT2D eigenvalue weighted by Gasteiger charge is 2.15. The van der Waals surface area contributed by atoms with Gasteiger partial charge >= 0.3 is 0 Å². The molecule has 1 N–H and O–H groups in total. The lowest BCUT2D eigenvalue weighted by molar-refractivity contribution is 0.0219. The predicted molar refractivity (Wildman–Crippen MR) is 80.9 cm³/mol. The van der Waals surface area contributed by atoms with Crippen molar-refractivity contribution in [2.24, 2.45) is 0 Å². The normalized spacial score (nSPS) is 12.5. The fourth-order valence-electron chi connectivity index (χ4n) is 1.90. The maximum atomic E-state index is 13.8. The van der Waals surface area contributed by atoms with E-state index in [0.717, 1.165) is 13.0 Å². The van der Waals surface area contributed by atoms with Crippen LogP contribution in [0.5, 0.6) is 0 Å². The first-order valence-corrected chi connectivity index (χ1v) is 7.43. The smallest absolute Gasteiger partial charge is 0.129 e. The number of nitrogens with one attached hydrogen (secondary N) is 1. The fraction of sp³-hybridized carbons (Fsp3) is 0.625. The molecule has 0 heterocycles. The molecular formula is C16H26FNO3. The van der Waals surface area contributed by atoms with Crippen molar-refractivity contribution < 1.29 is 18.6 Å². The summed E-state index contributed by atoms with van der Waals surface area (Å²) in [6, 6.07) is 6.75. The van der Waals surface area contributed by atoms with Crippen LogP contribution in [0.25, 0.3) is 0 Å². The van der Waals surface area contributed by atoms with Crippen molar-refractivity contribution in [1.29, 1.82) is 0 Å². The van der Waals surface area contributed by atoms with Crippen molar-refractivity contribution in [1.82, 2.24) is 5.32 Å². The van der Waals surface area contributed by atoms with E-state index in [2.05, 4.69) is 5.32 Å². The quantitative estimate of drug-likeness (QED) is 0.602. The highest BCUT2D eigenvalue weighted by atomic mass is 19.1. The SMILES string of the molecule is CCNCC(OCCCOCCOC)c1ccccc1F. The van der Waals surface area contributed by atoms with Crippen LogP contribution in [0, 0.1) is 5.82 Å². The molecule has 0 spiro atoms. The van der Waals surface area contributed by atoms with Gasteiger partial charge in [-0.25, -0.2) is 4.39 Å². The van der Waals surface area contributed by atoms with Crippen LogP contribution in [0.15, 0.2) is 24.3 Å². The third-order valence-corrected chi connectivity index (χ3v) is 3.02. The van der Waals surface area contributed by atoms with Crippen LogP contribution in [0.1, 0.15) is 25.0 Å². The molecule has 0 saturated heterocycles. The molecule has 21 heavy (non-hydrogen) atoms. The van der Waals surface area contributed by atoms with E-state index in [1.807, 2.05) is 13.0 Å². The fourth-order valence-corrected chi connectivity index (χ4v) is 1.90. The number of ether oxygens (including phenoxy) is 3. The Kier molecular flexibility index (Phi) is 9.99. The summed E-state index contributed by atoms with van der Waals surface area (Å²) < 4.78 is 29.9. The summed E-state index contributed by atoms with van der Waals surface area (Å²) in [5, 5.41) is 3.20. The molecule has 1 rings (SSSR count). The molecule has 0 aliphatic rings. The Morgan fingerprint density at radius 2 is 1.95 bits per heavy atom. The number of methoxy groups -OCH3 is 1. The van der Waals surface area contributed by atoms with Crippen LogP contribution in [-0.4, -0.2) is 46.6 Å². The molecule has 0 radical (unpaired) electrons. The number of hydrogen-bond donors (Lipinski definition) is 1. The highest BCUT2D eigenvalue weighted by Crippen LogP contribution is 2.20. The van der Waals surface area contributed by atoms with E-state index >= 15 is 0 Å². The van der Waals surface area contributed by atoms with Crippen molar-refractivity contribution in [3.8, 4) is 0 Å². The Bertz CT molecular complexity index is 376. The van der Waals surface area contributed by atoms with Gasteiger partial charge in [0.2, 0.25) is 0 Å².